The number of thiophene rings is 1. The summed E-state index contributed by atoms with van der Waals surface area (Å²) in [6, 6.07) is 15.2. The monoisotopic (exact) mass is 524 g/mol. The lowest BCUT2D eigenvalue weighted by Crippen LogP contribution is -2.27. The van der Waals surface area contributed by atoms with E-state index >= 15 is 0 Å². The molecule has 0 amide bonds. The highest BCUT2D eigenvalue weighted by Crippen LogP contribution is 2.61. The topological polar surface area (TPSA) is 92.9 Å². The molecule has 5 rings (SSSR count). The molecule has 1 fully saturated rings. The van der Waals surface area contributed by atoms with Gasteiger partial charge < -0.3 is 18.7 Å². The normalized spacial score (nSPS) is 19.8. The Kier molecular flexibility index (Phi) is 6.77. The van der Waals surface area contributed by atoms with Crippen molar-refractivity contribution in [2.45, 2.75) is 38.3 Å². The third-order valence-corrected chi connectivity index (χ3v) is 11.3. The van der Waals surface area contributed by atoms with Crippen molar-refractivity contribution < 1.29 is 23.4 Å². The molecule has 1 saturated carbocycles. The number of carboxylic acids is 1. The minimum absolute atomic E-state index is 0.105. The molecule has 7 nitrogen and oxygen atoms in total. The average molecular weight is 525 g/mol. The highest BCUT2D eigenvalue weighted by molar-refractivity contribution is 7.61. The highest BCUT2D eigenvalue weighted by atomic mass is 32.1. The maximum Gasteiger partial charge on any atom is 0.348 e. The second kappa shape index (κ2) is 9.85. The van der Waals surface area contributed by atoms with Gasteiger partial charge in [0.25, 0.3) is 7.52 Å². The summed E-state index contributed by atoms with van der Waals surface area (Å²) >= 11 is 1.18. The number of rotatable bonds is 7. The Balaban J connectivity index is 1.46. The standard InChI is InChI=1S/C27H29N2O5PS/c1-17-6-12-20(13-7-17)35(32,33-3)29(2)22-16-25(36-26(22)27(30)31)19-10-8-18(9-11-19)24-15-21-23(34-24)5-4-14-28-21/h4-5,8-11,14-17,20H,6-7,12-13H2,1-3H3,(H,30,31). The van der Waals surface area contributed by atoms with E-state index in [1.807, 2.05) is 48.5 Å². The Morgan fingerprint density at radius 2 is 1.83 bits per heavy atom. The van der Waals surface area contributed by atoms with Crippen molar-refractivity contribution >= 4 is 41.6 Å². The molecule has 0 spiro atoms. The van der Waals surface area contributed by atoms with Crippen LogP contribution in [0.1, 0.15) is 42.3 Å². The van der Waals surface area contributed by atoms with Crippen molar-refractivity contribution in [3.05, 3.63) is 59.6 Å². The van der Waals surface area contributed by atoms with Crippen LogP contribution in [0.5, 0.6) is 0 Å². The lowest BCUT2D eigenvalue weighted by Gasteiger charge is -2.37. The zero-order chi connectivity index (χ0) is 25.4. The number of pyridine rings is 1. The molecule has 0 saturated heterocycles. The largest absolute Gasteiger partial charge is 0.477 e. The molecule has 188 valence electrons. The zero-order valence-corrected chi connectivity index (χ0v) is 22.2. The van der Waals surface area contributed by atoms with Gasteiger partial charge in [0, 0.05) is 36.9 Å². The summed E-state index contributed by atoms with van der Waals surface area (Å²) in [5.74, 6) is 0.285. The molecule has 0 aliphatic heterocycles. The summed E-state index contributed by atoms with van der Waals surface area (Å²) in [5, 5.41) is 9.96. The van der Waals surface area contributed by atoms with Gasteiger partial charge in [0.2, 0.25) is 0 Å². The third kappa shape index (κ3) is 4.49. The average Bonchev–Trinajstić information content (AvgIpc) is 3.53. The summed E-state index contributed by atoms with van der Waals surface area (Å²) in [5.41, 5.74) is 3.62. The van der Waals surface area contributed by atoms with Gasteiger partial charge in [-0.2, -0.15) is 0 Å². The second-order valence-electron chi connectivity index (χ2n) is 9.39. The van der Waals surface area contributed by atoms with Crippen LogP contribution in [0.4, 0.5) is 5.69 Å². The fourth-order valence-electron chi connectivity index (χ4n) is 4.96. The van der Waals surface area contributed by atoms with Gasteiger partial charge in [-0.25, -0.2) is 4.79 Å². The molecule has 1 atom stereocenters. The van der Waals surface area contributed by atoms with E-state index in [0.717, 1.165) is 58.5 Å². The molecule has 3 heterocycles. The fourth-order valence-corrected chi connectivity index (χ4v) is 8.50. The first-order valence-corrected chi connectivity index (χ1v) is 14.5. The SMILES string of the molecule is COP(=O)(C1CCC(C)CC1)N(C)c1cc(-c2ccc(-c3cc4ncccc4o3)cc2)sc1C(=O)O. The molecular formula is C27H29N2O5PS. The van der Waals surface area contributed by atoms with Crippen molar-refractivity contribution in [1.29, 1.82) is 0 Å². The summed E-state index contributed by atoms with van der Waals surface area (Å²) in [6.45, 7) is 2.21. The number of aromatic carboxylic acids is 1. The number of furan rings is 1. The second-order valence-corrected chi connectivity index (χ2v) is 13.3. The fraction of sp³-hybridized carbons (Fsp3) is 0.333. The molecular weight excluding hydrogens is 495 g/mol. The summed E-state index contributed by atoms with van der Waals surface area (Å²) < 4.78 is 27.2. The van der Waals surface area contributed by atoms with Crippen molar-refractivity contribution in [2.75, 3.05) is 18.8 Å². The zero-order valence-electron chi connectivity index (χ0n) is 20.5. The van der Waals surface area contributed by atoms with Crippen LogP contribution in [-0.4, -0.2) is 35.9 Å². The quantitative estimate of drug-likeness (QED) is 0.247. The van der Waals surface area contributed by atoms with E-state index in [0.29, 0.717) is 11.6 Å². The smallest absolute Gasteiger partial charge is 0.348 e. The Morgan fingerprint density at radius 1 is 1.14 bits per heavy atom. The van der Waals surface area contributed by atoms with Crippen molar-refractivity contribution in [1.82, 2.24) is 4.98 Å². The summed E-state index contributed by atoms with van der Waals surface area (Å²) in [4.78, 5) is 17.4. The first kappa shape index (κ1) is 24.8. The van der Waals surface area contributed by atoms with Gasteiger partial charge >= 0.3 is 5.97 Å². The van der Waals surface area contributed by atoms with Crippen molar-refractivity contribution in [3.8, 4) is 21.8 Å². The number of anilines is 1. The van der Waals surface area contributed by atoms with Gasteiger partial charge in [-0.15, -0.1) is 11.3 Å². The summed E-state index contributed by atoms with van der Waals surface area (Å²) in [7, 11) is -0.103. The van der Waals surface area contributed by atoms with Crippen LogP contribution < -0.4 is 4.67 Å². The van der Waals surface area contributed by atoms with E-state index in [4.69, 9.17) is 8.94 Å². The van der Waals surface area contributed by atoms with E-state index in [9.17, 15) is 14.5 Å². The summed E-state index contributed by atoms with van der Waals surface area (Å²) in [6.07, 6.45) is 5.36. The van der Waals surface area contributed by atoms with Crippen LogP contribution in [0.3, 0.4) is 0 Å². The lowest BCUT2D eigenvalue weighted by molar-refractivity contribution is 0.0703. The number of carbonyl (C=O) groups is 1. The van der Waals surface area contributed by atoms with Crippen molar-refractivity contribution in [3.63, 3.8) is 0 Å². The van der Waals surface area contributed by atoms with Crippen LogP contribution >= 0.6 is 18.9 Å². The predicted octanol–water partition coefficient (Wildman–Crippen LogP) is 7.78. The number of aromatic nitrogens is 1. The Labute approximate surface area is 214 Å². The molecule has 3 aromatic heterocycles. The Morgan fingerprint density at radius 3 is 2.47 bits per heavy atom. The van der Waals surface area contributed by atoms with Crippen LogP contribution in [0.15, 0.2) is 59.1 Å². The van der Waals surface area contributed by atoms with E-state index in [-0.39, 0.29) is 10.5 Å². The van der Waals surface area contributed by atoms with E-state index in [1.54, 1.807) is 17.9 Å². The Bertz CT molecular complexity index is 1400. The lowest BCUT2D eigenvalue weighted by atomic mass is 9.91. The number of fused-ring (bicyclic) bond motifs is 1. The number of hydrogen-bond acceptors (Lipinski definition) is 6. The van der Waals surface area contributed by atoms with Gasteiger partial charge in [0.15, 0.2) is 5.58 Å². The molecule has 4 aromatic rings. The van der Waals surface area contributed by atoms with Gasteiger partial charge in [-0.05, 0) is 55.4 Å². The van der Waals surface area contributed by atoms with Gasteiger partial charge in [-0.3, -0.25) is 9.55 Å². The highest BCUT2D eigenvalue weighted by Gasteiger charge is 2.41. The predicted molar refractivity (Wildman–Crippen MR) is 144 cm³/mol. The van der Waals surface area contributed by atoms with Crippen LogP contribution in [-0.2, 0) is 9.09 Å². The van der Waals surface area contributed by atoms with E-state index in [1.165, 1.54) is 18.4 Å². The van der Waals surface area contributed by atoms with Gasteiger partial charge in [-0.1, -0.05) is 31.2 Å². The number of benzene rings is 1. The van der Waals surface area contributed by atoms with Gasteiger partial charge in [0.05, 0.1) is 11.3 Å². The third-order valence-electron chi connectivity index (χ3n) is 7.12. The number of hydrogen-bond donors (Lipinski definition) is 1. The van der Waals surface area contributed by atoms with Crippen LogP contribution in [0.25, 0.3) is 32.9 Å². The molecule has 0 bridgehead atoms. The number of carboxylic acid groups (broad SMARTS) is 1. The maximum absolute atomic E-state index is 14.0. The van der Waals surface area contributed by atoms with E-state index < -0.39 is 13.5 Å². The Hall–Kier alpha value is -2.93. The molecule has 0 radical (unpaired) electrons. The first-order valence-electron chi connectivity index (χ1n) is 12.0. The molecule has 1 unspecified atom stereocenters. The van der Waals surface area contributed by atoms with Gasteiger partial charge in [0.1, 0.15) is 16.2 Å². The van der Waals surface area contributed by atoms with Crippen LogP contribution in [0, 0.1) is 5.92 Å². The van der Waals surface area contributed by atoms with Crippen LogP contribution in [0.2, 0.25) is 0 Å². The molecule has 1 aliphatic carbocycles. The minimum atomic E-state index is -3.26. The number of nitrogens with zero attached hydrogens (tertiary/aromatic N) is 2. The maximum atomic E-state index is 14.0. The molecule has 1 N–H and O–H groups in total. The van der Waals surface area contributed by atoms with E-state index in [2.05, 4.69) is 11.9 Å². The minimum Gasteiger partial charge on any atom is -0.477 e. The van der Waals surface area contributed by atoms with Crippen molar-refractivity contribution in [2.24, 2.45) is 5.92 Å². The molecule has 1 aliphatic rings. The first-order chi connectivity index (χ1) is 17.3. The molecule has 36 heavy (non-hydrogen) atoms. The molecule has 9 heteroatoms. The molecule has 1 aromatic carbocycles.